The summed E-state index contributed by atoms with van der Waals surface area (Å²) in [6.07, 6.45) is -1.26. The van der Waals surface area contributed by atoms with E-state index in [0.717, 1.165) is 119 Å². The minimum absolute atomic E-state index is 0.0729. The lowest BCUT2D eigenvalue weighted by molar-refractivity contribution is -0.137. The molecule has 0 spiro atoms. The van der Waals surface area contributed by atoms with Crippen molar-refractivity contribution < 1.29 is 102 Å². The molecule has 4 N–H and O–H groups in total. The molecule has 7 amide bonds. The fraction of sp³-hybridized carbons (Fsp3) is 0.432. The van der Waals surface area contributed by atoms with E-state index >= 15 is 0 Å². The number of anilines is 6. The number of allylic oxidation sites excluding steroid dienone is 1. The van der Waals surface area contributed by atoms with Gasteiger partial charge in [-0.1, -0.05) is 30.6 Å². The van der Waals surface area contributed by atoms with Crippen molar-refractivity contribution in [2.75, 3.05) is 190 Å². The van der Waals surface area contributed by atoms with Crippen LogP contribution in [0.15, 0.2) is 110 Å². The molecule has 0 aliphatic carbocycles. The highest BCUT2D eigenvalue weighted by molar-refractivity contribution is 5.98. The number of methoxy groups -OCH3 is 3. The van der Waals surface area contributed by atoms with Gasteiger partial charge in [-0.2, -0.15) is 39.5 Å². The topological polar surface area (TPSA) is 397 Å². The maximum absolute atomic E-state index is 14.3. The van der Waals surface area contributed by atoms with E-state index in [4.69, 9.17) is 4.74 Å². The van der Waals surface area contributed by atoms with E-state index in [1.54, 1.807) is 80.4 Å². The van der Waals surface area contributed by atoms with Gasteiger partial charge in [0.05, 0.1) is 74.5 Å². The zero-order chi connectivity index (χ0) is 101. The number of halogens is 9. The Hall–Kier alpha value is -15.0. The number of Topliss-reactive ketones (excluding diaryl/α,β-unsaturated/α-hetero) is 1. The predicted octanol–water partition coefficient (Wildman–Crippen LogP) is 10.8. The van der Waals surface area contributed by atoms with Crippen molar-refractivity contribution in [3.63, 3.8) is 0 Å². The number of pyridine rings is 3. The Morgan fingerprint density at radius 2 is 0.796 bits per heavy atom. The number of hydrogen-bond donors (Lipinski definition) is 4. The number of hydrogen-bond acceptors (Lipinski definition) is 28. The third-order valence-electron chi connectivity index (χ3n) is 24.3. The molecular weight excluding hydrogens is 1870 g/mol. The second kappa shape index (κ2) is 46.4. The van der Waals surface area contributed by atoms with Crippen molar-refractivity contribution >= 4 is 105 Å². The number of alkyl halides is 9. The highest BCUT2D eigenvalue weighted by Crippen LogP contribution is 2.43. The van der Waals surface area contributed by atoms with Gasteiger partial charge in [-0.05, 0) is 141 Å². The Bertz CT molecular complexity index is 6200. The van der Waals surface area contributed by atoms with Gasteiger partial charge in [-0.15, -0.1) is 15.3 Å². The van der Waals surface area contributed by atoms with Crippen LogP contribution in [-0.2, 0) is 87.5 Å². The molecule has 6 aliphatic rings. The molecule has 15 heterocycles. The summed E-state index contributed by atoms with van der Waals surface area (Å²) in [5, 5.41) is 22.5. The normalized spacial score (nSPS) is 15.7. The molecule has 0 atom stereocenters. The second-order valence-electron chi connectivity index (χ2n) is 34.0. The van der Waals surface area contributed by atoms with Gasteiger partial charge in [-0.25, -0.2) is 57.8 Å². The number of ketones is 2. The summed E-state index contributed by atoms with van der Waals surface area (Å²) in [6.45, 7) is 19.5. The van der Waals surface area contributed by atoms with Gasteiger partial charge < -0.3 is 53.7 Å². The Morgan fingerprint density at radius 3 is 1.15 bits per heavy atom. The van der Waals surface area contributed by atoms with Crippen LogP contribution >= 0.6 is 0 Å². The molecule has 0 radical (unpaired) electrons. The number of aromatic nitrogens is 12. The summed E-state index contributed by atoms with van der Waals surface area (Å²) in [6, 6.07) is 15.0. The van der Waals surface area contributed by atoms with E-state index in [-0.39, 0.29) is 107 Å². The molecule has 1 aromatic carbocycles. The molecule has 0 bridgehead atoms. The van der Waals surface area contributed by atoms with Crippen LogP contribution in [0.2, 0.25) is 0 Å². The summed E-state index contributed by atoms with van der Waals surface area (Å²) in [5.41, 5.74) is 1.88. The van der Waals surface area contributed by atoms with E-state index < -0.39 is 59.4 Å². The Labute approximate surface area is 808 Å². The predicted molar refractivity (Wildman–Crippen MR) is 501 cm³/mol. The van der Waals surface area contributed by atoms with Crippen LogP contribution in [0.1, 0.15) is 115 Å². The number of nitrogens with one attached hydrogen (secondary N) is 4. The van der Waals surface area contributed by atoms with E-state index in [9.17, 15) is 82.7 Å². The number of nitrogens with zero attached hydrogens (tertiary/aromatic N) is 21. The first kappa shape index (κ1) is 103. The van der Waals surface area contributed by atoms with Gasteiger partial charge in [0, 0.05) is 199 Å². The Balaban J connectivity index is 0.000000169. The van der Waals surface area contributed by atoms with Crippen molar-refractivity contribution in [1.82, 2.24) is 93.5 Å². The number of amides is 7. The standard InChI is InChI=1S/C34H35F3N8O5.C31H35F3N8O4.C30H34F3N9O4/c1-3-25(46)16-22-4-6-24(7-5-22)32(47)44-10-8-42(9-11-44)20-23-17-28-31(43-12-14-50-15-13-43)40-30(41-45(28)21-23)26-19-38-29(39-33(48)49-2)18-27(26)34(35,36)37;1-3-7-22(43)8-9-27(44)40-14-12-39(13-15-40)19-21-16-25-29(41-10-5-4-6-11-41)37-28(38-42(25)20-21)23-18-35-26(36-30(45)46-2)17-24(23)31(32,33)34;1-3-7-25(43)35-17-26(44)40-12-10-39(11-13-40)18-20-14-23-28(41-8-5-4-6-9-41)37-27(38-42(23)19-20)21-16-34-24(36-29(45)46-2)15-22(21)30(31,32)33/h3-7,17-19,21H,1,8-16,20H2,2H3,(H,38,39,48);16-18,20H,4-6,8-15,19H2,1-2H3,(H,35,36,45);14-16,19H,4-6,8-13,17-18H2,1-2H3,(H,35,43)(H,34,36,45). The number of carbonyl (C=O) groups is 9. The monoisotopic (exact) mass is 1970 g/mol. The van der Waals surface area contributed by atoms with Gasteiger partial charge in [0.25, 0.3) is 11.8 Å². The average molecular weight is 1980 g/mol. The fourth-order valence-electron chi connectivity index (χ4n) is 17.1. The molecular formula is C95H104F9N25O13. The van der Waals surface area contributed by atoms with E-state index in [0.29, 0.717) is 190 Å². The van der Waals surface area contributed by atoms with E-state index in [1.807, 2.05) is 23.1 Å². The Morgan fingerprint density at radius 1 is 0.437 bits per heavy atom. The molecule has 0 unspecified atom stereocenters. The number of piperidine rings is 2. The zero-order valence-electron chi connectivity index (χ0n) is 78.5. The number of ether oxygens (including phenoxy) is 4. The minimum Gasteiger partial charge on any atom is -0.453 e. The van der Waals surface area contributed by atoms with Gasteiger partial charge in [-0.3, -0.25) is 59.4 Å². The first-order valence-electron chi connectivity index (χ1n) is 45.8. The zero-order valence-corrected chi connectivity index (χ0v) is 78.5. The number of fused-ring (bicyclic) bond motifs is 3. The number of carbonyl (C=O) groups excluding carboxylic acids is 9. The molecule has 142 heavy (non-hydrogen) atoms. The number of benzene rings is 1. The van der Waals surface area contributed by atoms with E-state index in [2.05, 4.69) is 135 Å². The first-order valence-corrected chi connectivity index (χ1v) is 45.8. The summed E-state index contributed by atoms with van der Waals surface area (Å²) in [4.78, 5) is 152. The molecule has 6 aliphatic heterocycles. The third-order valence-corrected chi connectivity index (χ3v) is 24.3. The van der Waals surface area contributed by atoms with Crippen LogP contribution in [0.25, 0.3) is 50.7 Å². The maximum Gasteiger partial charge on any atom is 0.417 e. The highest BCUT2D eigenvalue weighted by atomic mass is 19.4. The Kier molecular flexibility index (Phi) is 33.6. The molecule has 0 saturated carbocycles. The largest absolute Gasteiger partial charge is 0.453 e. The van der Waals surface area contributed by atoms with Crippen molar-refractivity contribution in [3.8, 4) is 57.8 Å². The number of rotatable bonds is 24. The van der Waals surface area contributed by atoms with E-state index in [1.165, 1.54) is 10.6 Å². The summed E-state index contributed by atoms with van der Waals surface area (Å²) in [7, 11) is 3.29. The minimum atomic E-state index is -4.80. The van der Waals surface area contributed by atoms with Crippen molar-refractivity contribution in [1.29, 1.82) is 0 Å². The molecule has 16 rings (SSSR count). The maximum atomic E-state index is 14.3. The molecule has 10 aromatic rings. The second-order valence-corrected chi connectivity index (χ2v) is 34.0. The molecule has 6 saturated heterocycles. The summed E-state index contributed by atoms with van der Waals surface area (Å²) >= 11 is 0. The van der Waals surface area contributed by atoms with Crippen LogP contribution < -0.4 is 36.0 Å². The molecule has 9 aromatic heterocycles. The quantitative estimate of drug-likeness (QED) is 0.0143. The van der Waals surface area contributed by atoms with Crippen LogP contribution in [0.5, 0.6) is 0 Å². The third kappa shape index (κ3) is 26.4. The van der Waals surface area contributed by atoms with Gasteiger partial charge in [0.15, 0.2) is 40.7 Å². The van der Waals surface area contributed by atoms with Gasteiger partial charge >= 0.3 is 36.8 Å². The number of piperazine rings is 3. The molecule has 750 valence electrons. The highest BCUT2D eigenvalue weighted by Gasteiger charge is 2.41. The van der Waals surface area contributed by atoms with Crippen molar-refractivity contribution in [2.45, 2.75) is 110 Å². The SMILES string of the molecule is C=CC(=O)Cc1ccc(C(=O)N2CCN(Cc3cc4c(N5CCOCC5)nc(-c5cnc(NC(=O)OC)cc5C(F)(F)F)nn4c3)CC2)cc1.CC#CC(=O)CCC(=O)N1CCN(Cc2cc3c(N4CCCCC4)nc(-c4cnc(NC(=O)OC)cc4C(F)(F)F)nn3c2)CC1.CC#CC(=O)NCC(=O)N1CCN(Cc2cc3c(N4CCCCC4)nc(-c4cnc(NC(=O)OC)cc4C(F)(F)F)nn3c2)CC1. The van der Waals surface area contributed by atoms with Crippen molar-refractivity contribution in [2.24, 2.45) is 0 Å². The summed E-state index contributed by atoms with van der Waals surface area (Å²) in [5.74, 6) is 8.76. The summed E-state index contributed by atoms with van der Waals surface area (Å²) < 4.78 is 152. The molecule has 47 heteroatoms. The lowest BCUT2D eigenvalue weighted by atomic mass is 10.1. The van der Waals surface area contributed by atoms with Gasteiger partial charge in [0.1, 0.15) is 34.0 Å². The first-order chi connectivity index (χ1) is 68.1. The number of morpholine rings is 1. The fourth-order valence-corrected chi connectivity index (χ4v) is 17.1. The van der Waals surface area contributed by atoms with Crippen LogP contribution in [0.3, 0.4) is 0 Å². The molecule has 38 nitrogen and oxygen atoms in total. The van der Waals surface area contributed by atoms with Crippen LogP contribution in [0, 0.1) is 23.7 Å². The van der Waals surface area contributed by atoms with Crippen molar-refractivity contribution in [3.05, 3.63) is 155 Å². The molecule has 6 fully saturated rings. The smallest absolute Gasteiger partial charge is 0.417 e. The lowest BCUT2D eigenvalue weighted by Crippen LogP contribution is -2.50. The van der Waals surface area contributed by atoms with Crippen LogP contribution in [-0.4, -0.2) is 301 Å². The lowest BCUT2D eigenvalue weighted by Gasteiger charge is -2.34. The average Bonchev–Trinajstić information content (AvgIpc) is 1.53. The van der Waals surface area contributed by atoms with Crippen LogP contribution in [0.4, 0.5) is 88.8 Å². The van der Waals surface area contributed by atoms with Gasteiger partial charge in [0.2, 0.25) is 17.6 Å².